The summed E-state index contributed by atoms with van der Waals surface area (Å²) < 4.78 is 17.8. The molecule has 10 heteroatoms. The van der Waals surface area contributed by atoms with Crippen LogP contribution in [0.5, 0.6) is 17.2 Å². The van der Waals surface area contributed by atoms with Crippen molar-refractivity contribution < 1.29 is 28.9 Å². The molecule has 2 heterocycles. The number of morpholine rings is 1. The highest BCUT2D eigenvalue weighted by molar-refractivity contribution is 6.17. The minimum Gasteiger partial charge on any atom is -0.493 e. The maximum atomic E-state index is 13.2. The number of carbonyl (C=O) groups excluding carboxylic acids is 2. The number of hydrogen-bond donors (Lipinski definition) is 3. The van der Waals surface area contributed by atoms with E-state index in [9.17, 15) is 14.7 Å². The molecule has 0 spiro atoms. The lowest BCUT2D eigenvalue weighted by atomic mass is 10.0. The van der Waals surface area contributed by atoms with Crippen LogP contribution in [-0.2, 0) is 20.9 Å². The number of hydrogen-bond acceptors (Lipinski definition) is 8. The fraction of sp³-hybridized carbons (Fsp3) is 0.361. The standard InChI is InChI=1S/C36H40N4O6/c1-24-4-6-27(7-5-24)38-34(42)36(11-12-36)35(43)39-28-8-9-31(25(2)20-28)46-32-10-13-37-30-22-33(26(23-41)21-29(30)32)45-17-3-14-40-15-18-44-19-16-40/h4-10,13,20-22,41H,3,11-12,14-19,23H2,1-2H3,(H,38,42)(H,39,43). The topological polar surface area (TPSA) is 122 Å². The van der Waals surface area contributed by atoms with Crippen molar-refractivity contribution in [2.24, 2.45) is 5.41 Å². The van der Waals surface area contributed by atoms with Crippen molar-refractivity contribution in [3.63, 3.8) is 0 Å². The van der Waals surface area contributed by atoms with Crippen LogP contribution in [0.2, 0.25) is 0 Å². The second-order valence-electron chi connectivity index (χ2n) is 12.0. The molecule has 0 atom stereocenters. The molecule has 1 aromatic heterocycles. The molecule has 0 unspecified atom stereocenters. The quantitative estimate of drug-likeness (QED) is 0.138. The molecule has 3 N–H and O–H groups in total. The molecule has 240 valence electrons. The van der Waals surface area contributed by atoms with Crippen molar-refractivity contribution in [3.05, 3.63) is 83.6 Å². The minimum absolute atomic E-state index is 0.180. The molecule has 1 aliphatic carbocycles. The number of aromatic nitrogens is 1. The van der Waals surface area contributed by atoms with Crippen molar-refractivity contribution in [2.75, 3.05) is 50.1 Å². The Hall–Kier alpha value is -4.51. The number of carbonyl (C=O) groups is 2. The van der Waals surface area contributed by atoms with Crippen molar-refractivity contribution in [2.45, 2.75) is 39.7 Å². The molecule has 3 aromatic carbocycles. The van der Waals surface area contributed by atoms with Gasteiger partial charge in [0, 0.05) is 54.2 Å². The fourth-order valence-corrected chi connectivity index (χ4v) is 5.62. The van der Waals surface area contributed by atoms with Gasteiger partial charge in [0.1, 0.15) is 22.7 Å². The van der Waals surface area contributed by atoms with Crippen LogP contribution in [0.1, 0.15) is 36.0 Å². The molecule has 2 fully saturated rings. The molecule has 10 nitrogen and oxygen atoms in total. The van der Waals surface area contributed by atoms with Crippen LogP contribution in [0.3, 0.4) is 0 Å². The monoisotopic (exact) mass is 624 g/mol. The summed E-state index contributed by atoms with van der Waals surface area (Å²) in [7, 11) is 0. The predicted molar refractivity (Wildman–Crippen MR) is 176 cm³/mol. The normalized spacial score (nSPS) is 15.7. The Morgan fingerprint density at radius 3 is 2.33 bits per heavy atom. The third kappa shape index (κ3) is 7.14. The van der Waals surface area contributed by atoms with E-state index in [0.717, 1.165) is 55.8 Å². The molecule has 0 bridgehead atoms. The van der Waals surface area contributed by atoms with E-state index in [1.165, 1.54) is 0 Å². The van der Waals surface area contributed by atoms with Crippen molar-refractivity contribution in [3.8, 4) is 17.2 Å². The van der Waals surface area contributed by atoms with Gasteiger partial charge in [0.2, 0.25) is 11.8 Å². The van der Waals surface area contributed by atoms with E-state index in [2.05, 4.69) is 20.5 Å². The lowest BCUT2D eigenvalue weighted by Crippen LogP contribution is -2.37. The minimum atomic E-state index is -1.07. The first-order valence-corrected chi connectivity index (χ1v) is 15.8. The van der Waals surface area contributed by atoms with E-state index in [-0.39, 0.29) is 18.4 Å². The third-order valence-corrected chi connectivity index (χ3v) is 8.62. The van der Waals surface area contributed by atoms with Gasteiger partial charge in [-0.1, -0.05) is 17.7 Å². The van der Waals surface area contributed by atoms with E-state index >= 15 is 0 Å². The molecule has 0 radical (unpaired) electrons. The van der Waals surface area contributed by atoms with Gasteiger partial charge < -0.3 is 30.0 Å². The lowest BCUT2D eigenvalue weighted by molar-refractivity contribution is -0.131. The molecule has 6 rings (SSSR count). The highest BCUT2D eigenvalue weighted by Crippen LogP contribution is 2.47. The van der Waals surface area contributed by atoms with Gasteiger partial charge in [0.15, 0.2) is 0 Å². The highest BCUT2D eigenvalue weighted by atomic mass is 16.5. The maximum absolute atomic E-state index is 13.2. The maximum Gasteiger partial charge on any atom is 0.240 e. The van der Waals surface area contributed by atoms with E-state index in [1.807, 2.05) is 56.3 Å². The average molecular weight is 625 g/mol. The zero-order chi connectivity index (χ0) is 32.1. The van der Waals surface area contributed by atoms with Gasteiger partial charge in [-0.3, -0.25) is 19.5 Å². The first kappa shape index (κ1) is 31.5. The summed E-state index contributed by atoms with van der Waals surface area (Å²) in [6, 6.07) is 18.4. The molecule has 1 saturated carbocycles. The van der Waals surface area contributed by atoms with Gasteiger partial charge in [0.05, 0.1) is 31.9 Å². The zero-order valence-corrected chi connectivity index (χ0v) is 26.3. The lowest BCUT2D eigenvalue weighted by Gasteiger charge is -2.26. The fourth-order valence-electron chi connectivity index (χ4n) is 5.62. The van der Waals surface area contributed by atoms with Crippen LogP contribution in [-0.4, -0.2) is 66.3 Å². The van der Waals surface area contributed by atoms with E-state index in [1.54, 1.807) is 24.4 Å². The molecule has 4 aromatic rings. The number of nitrogens with one attached hydrogen (secondary N) is 2. The van der Waals surface area contributed by atoms with Gasteiger partial charge in [-0.2, -0.15) is 0 Å². The molecular formula is C36H40N4O6. The summed E-state index contributed by atoms with van der Waals surface area (Å²) >= 11 is 0. The van der Waals surface area contributed by atoms with E-state index in [4.69, 9.17) is 14.2 Å². The molecule has 2 aliphatic rings. The number of nitrogens with zero attached hydrogens (tertiary/aromatic N) is 2. The Morgan fingerprint density at radius 2 is 1.63 bits per heavy atom. The number of pyridine rings is 1. The van der Waals surface area contributed by atoms with Crippen LogP contribution < -0.4 is 20.1 Å². The first-order chi connectivity index (χ1) is 22.3. The van der Waals surface area contributed by atoms with Gasteiger partial charge in [-0.15, -0.1) is 0 Å². The van der Waals surface area contributed by atoms with Gasteiger partial charge in [-0.25, -0.2) is 0 Å². The highest BCUT2D eigenvalue weighted by Gasteiger charge is 2.56. The van der Waals surface area contributed by atoms with Gasteiger partial charge in [-0.05, 0) is 81.1 Å². The number of anilines is 2. The molecule has 2 amide bonds. The number of aryl methyl sites for hydroxylation is 2. The summed E-state index contributed by atoms with van der Waals surface area (Å²) in [6.45, 7) is 8.59. The van der Waals surface area contributed by atoms with Crippen LogP contribution in [0.15, 0.2) is 66.9 Å². The van der Waals surface area contributed by atoms with Crippen LogP contribution in [0, 0.1) is 19.3 Å². The Labute approximate surface area is 268 Å². The zero-order valence-electron chi connectivity index (χ0n) is 26.3. The second kappa shape index (κ2) is 13.9. The summed E-state index contributed by atoms with van der Waals surface area (Å²) in [5, 5.41) is 16.7. The summed E-state index contributed by atoms with van der Waals surface area (Å²) in [6.07, 6.45) is 3.56. The molecular weight excluding hydrogens is 584 g/mol. The predicted octanol–water partition coefficient (Wildman–Crippen LogP) is 5.59. The van der Waals surface area contributed by atoms with Gasteiger partial charge >= 0.3 is 0 Å². The Morgan fingerprint density at radius 1 is 0.913 bits per heavy atom. The summed E-state index contributed by atoms with van der Waals surface area (Å²) in [4.78, 5) is 33.1. The van der Waals surface area contributed by atoms with E-state index in [0.29, 0.717) is 59.2 Å². The Bertz CT molecular complexity index is 1710. The summed E-state index contributed by atoms with van der Waals surface area (Å²) in [5.74, 6) is 1.19. The van der Waals surface area contributed by atoms with E-state index < -0.39 is 5.41 Å². The number of fused-ring (bicyclic) bond motifs is 1. The molecule has 1 aliphatic heterocycles. The largest absolute Gasteiger partial charge is 0.493 e. The number of benzene rings is 3. The van der Waals surface area contributed by atoms with Crippen LogP contribution >= 0.6 is 0 Å². The first-order valence-electron chi connectivity index (χ1n) is 15.8. The number of amides is 2. The van der Waals surface area contributed by atoms with Crippen molar-refractivity contribution >= 4 is 34.1 Å². The number of aliphatic hydroxyl groups excluding tert-OH is 1. The average Bonchev–Trinajstić information content (AvgIpc) is 3.88. The van der Waals surface area contributed by atoms with Crippen LogP contribution in [0.25, 0.3) is 10.9 Å². The second-order valence-corrected chi connectivity index (χ2v) is 12.0. The van der Waals surface area contributed by atoms with Crippen LogP contribution in [0.4, 0.5) is 11.4 Å². The van der Waals surface area contributed by atoms with Crippen molar-refractivity contribution in [1.29, 1.82) is 0 Å². The smallest absolute Gasteiger partial charge is 0.240 e. The van der Waals surface area contributed by atoms with Gasteiger partial charge in [0.25, 0.3) is 0 Å². The number of rotatable bonds is 12. The number of ether oxygens (including phenoxy) is 3. The Kier molecular flexibility index (Phi) is 9.48. The van der Waals surface area contributed by atoms with Crippen molar-refractivity contribution in [1.82, 2.24) is 9.88 Å². The Balaban J connectivity index is 1.10. The third-order valence-electron chi connectivity index (χ3n) is 8.62. The summed E-state index contributed by atoms with van der Waals surface area (Å²) in [5.41, 5.74) is 3.44. The molecule has 1 saturated heterocycles. The number of aliphatic hydroxyl groups is 1. The SMILES string of the molecule is Cc1ccc(NC(=O)C2(C(=O)Nc3ccc(Oc4ccnc5cc(OCCCN6CCOCC6)c(CO)cc45)c(C)c3)CC2)cc1. The molecule has 46 heavy (non-hydrogen) atoms.